The Kier molecular flexibility index (Phi) is 2.82. The van der Waals surface area contributed by atoms with Gasteiger partial charge in [-0.2, -0.15) is 0 Å². The van der Waals surface area contributed by atoms with Crippen LogP contribution in [0.2, 0.25) is 0 Å². The molecule has 0 aromatic carbocycles. The molecule has 2 rings (SSSR count). The van der Waals surface area contributed by atoms with Crippen LogP contribution in [0, 0.1) is 10.7 Å². The average molecular weight is 237 g/mol. The van der Waals surface area contributed by atoms with Gasteiger partial charge in [0.25, 0.3) is 0 Å². The molecule has 6 nitrogen and oxygen atoms in total. The Balaban J connectivity index is 2.64. The van der Waals surface area contributed by atoms with Crippen LogP contribution in [0.1, 0.15) is 17.4 Å². The van der Waals surface area contributed by atoms with E-state index < -0.39 is 11.8 Å². The Morgan fingerprint density at radius 1 is 1.59 bits per heavy atom. The number of pyridine rings is 1. The highest BCUT2D eigenvalue weighted by Gasteiger charge is 2.21. The van der Waals surface area contributed by atoms with Crippen molar-refractivity contribution in [2.75, 3.05) is 6.61 Å². The summed E-state index contributed by atoms with van der Waals surface area (Å²) >= 11 is 0. The number of nitrogens with zero attached hydrogens (tertiary/aromatic N) is 3. The van der Waals surface area contributed by atoms with E-state index in [-0.39, 0.29) is 23.8 Å². The summed E-state index contributed by atoms with van der Waals surface area (Å²) in [6, 6.07) is 2.51. The van der Waals surface area contributed by atoms with Gasteiger partial charge in [-0.1, -0.05) is 0 Å². The minimum Gasteiger partial charge on any atom is -0.461 e. The number of rotatable bonds is 3. The molecular formula is C10H8FN3O3. The number of hydrogen-bond donors (Lipinski definition) is 0. The predicted octanol–water partition coefficient (Wildman–Crippen LogP) is 2.05. The fourth-order valence-electron chi connectivity index (χ4n) is 1.43. The van der Waals surface area contributed by atoms with Gasteiger partial charge >= 0.3 is 5.97 Å². The molecule has 2 aromatic heterocycles. The molecule has 2 heterocycles. The van der Waals surface area contributed by atoms with Gasteiger partial charge in [-0.3, -0.25) is 4.40 Å². The fraction of sp³-hybridized carbons (Fsp3) is 0.200. The van der Waals surface area contributed by atoms with Gasteiger partial charge in [0.2, 0.25) is 5.82 Å². The molecule has 0 aliphatic carbocycles. The van der Waals surface area contributed by atoms with E-state index in [0.717, 1.165) is 10.6 Å². The monoisotopic (exact) mass is 237 g/mol. The average Bonchev–Trinajstić information content (AvgIpc) is 2.67. The standard InChI is InChI=1S/C10H8FN3O3/c1-2-17-10(15)8-9(13-16)14-5-6(11)3-4-7(14)12-8/h3-5H,2H2,1H3. The number of halogens is 1. The topological polar surface area (TPSA) is 73.0 Å². The molecule has 0 amide bonds. The molecule has 0 aliphatic rings. The number of carbonyl (C=O) groups is 1. The third kappa shape index (κ3) is 1.86. The highest BCUT2D eigenvalue weighted by atomic mass is 19.1. The van der Waals surface area contributed by atoms with Crippen LogP contribution in [0.5, 0.6) is 0 Å². The van der Waals surface area contributed by atoms with E-state index in [4.69, 9.17) is 4.74 Å². The first-order valence-electron chi connectivity index (χ1n) is 4.85. The molecule has 2 aromatic rings. The van der Waals surface area contributed by atoms with Gasteiger partial charge in [0.1, 0.15) is 11.5 Å². The SMILES string of the molecule is CCOC(=O)c1nc2ccc(F)cn2c1N=O. The lowest BCUT2D eigenvalue weighted by molar-refractivity contribution is 0.0521. The van der Waals surface area contributed by atoms with Crippen molar-refractivity contribution in [2.24, 2.45) is 5.18 Å². The molecule has 0 bridgehead atoms. The number of aromatic nitrogens is 2. The second kappa shape index (κ2) is 4.28. The van der Waals surface area contributed by atoms with Crippen LogP contribution >= 0.6 is 0 Å². The zero-order valence-electron chi connectivity index (χ0n) is 8.88. The molecule has 0 N–H and O–H groups in total. The summed E-state index contributed by atoms with van der Waals surface area (Å²) in [7, 11) is 0. The second-order valence-corrected chi connectivity index (χ2v) is 3.17. The Bertz CT molecular complexity index is 594. The van der Waals surface area contributed by atoms with Gasteiger partial charge in [-0.15, -0.1) is 4.91 Å². The number of hydrogen-bond acceptors (Lipinski definition) is 5. The summed E-state index contributed by atoms with van der Waals surface area (Å²) in [6.45, 7) is 1.78. The molecule has 0 unspecified atom stereocenters. The van der Waals surface area contributed by atoms with E-state index in [0.29, 0.717) is 0 Å². The van der Waals surface area contributed by atoms with Crippen LogP contribution in [0.15, 0.2) is 23.5 Å². The number of carbonyl (C=O) groups excluding carboxylic acids is 1. The quantitative estimate of drug-likeness (QED) is 0.604. The first kappa shape index (κ1) is 11.2. The molecular weight excluding hydrogens is 229 g/mol. The van der Waals surface area contributed by atoms with E-state index in [2.05, 4.69) is 10.2 Å². The summed E-state index contributed by atoms with van der Waals surface area (Å²) in [5, 5.41) is 2.69. The smallest absolute Gasteiger partial charge is 0.361 e. The minimum absolute atomic E-state index is 0.152. The van der Waals surface area contributed by atoms with E-state index in [1.54, 1.807) is 6.92 Å². The summed E-state index contributed by atoms with van der Waals surface area (Å²) in [5.41, 5.74) is 0.0384. The molecule has 0 radical (unpaired) electrons. The molecule has 0 saturated carbocycles. The zero-order chi connectivity index (χ0) is 12.4. The van der Waals surface area contributed by atoms with Crippen LogP contribution in [0.25, 0.3) is 5.65 Å². The van der Waals surface area contributed by atoms with Crippen molar-refractivity contribution < 1.29 is 13.9 Å². The van der Waals surface area contributed by atoms with Gasteiger partial charge in [-0.05, 0) is 24.2 Å². The molecule has 0 saturated heterocycles. The maximum Gasteiger partial charge on any atom is 0.361 e. The number of fused-ring (bicyclic) bond motifs is 1. The lowest BCUT2D eigenvalue weighted by Crippen LogP contribution is -2.05. The van der Waals surface area contributed by atoms with Crippen molar-refractivity contribution in [1.82, 2.24) is 9.38 Å². The van der Waals surface area contributed by atoms with Crippen molar-refractivity contribution in [1.29, 1.82) is 0 Å². The summed E-state index contributed by atoms with van der Waals surface area (Å²) in [5.74, 6) is -1.58. The fourth-order valence-corrected chi connectivity index (χ4v) is 1.43. The molecule has 17 heavy (non-hydrogen) atoms. The normalized spacial score (nSPS) is 10.5. The van der Waals surface area contributed by atoms with Crippen molar-refractivity contribution in [3.05, 3.63) is 34.7 Å². The van der Waals surface area contributed by atoms with E-state index in [9.17, 15) is 14.1 Å². The van der Waals surface area contributed by atoms with Gasteiger partial charge in [-0.25, -0.2) is 14.2 Å². The third-order valence-corrected chi connectivity index (χ3v) is 2.11. The second-order valence-electron chi connectivity index (χ2n) is 3.17. The third-order valence-electron chi connectivity index (χ3n) is 2.11. The van der Waals surface area contributed by atoms with Crippen molar-refractivity contribution in [3.8, 4) is 0 Å². The predicted molar refractivity (Wildman–Crippen MR) is 56.6 cm³/mol. The molecule has 0 atom stereocenters. The maximum atomic E-state index is 13.0. The number of imidazole rings is 1. The Morgan fingerprint density at radius 2 is 2.35 bits per heavy atom. The van der Waals surface area contributed by atoms with Gasteiger partial charge in [0.15, 0.2) is 5.69 Å². The summed E-state index contributed by atoms with van der Waals surface area (Å²) < 4.78 is 18.8. The van der Waals surface area contributed by atoms with Crippen molar-refractivity contribution in [3.63, 3.8) is 0 Å². The summed E-state index contributed by atoms with van der Waals surface area (Å²) in [4.78, 5) is 26.0. The number of ether oxygens (including phenoxy) is 1. The number of nitroso groups, excluding NO2 is 1. The van der Waals surface area contributed by atoms with Gasteiger partial charge in [0.05, 0.1) is 6.61 Å². The van der Waals surface area contributed by atoms with Crippen LogP contribution < -0.4 is 0 Å². The molecule has 7 heteroatoms. The van der Waals surface area contributed by atoms with E-state index >= 15 is 0 Å². The van der Waals surface area contributed by atoms with Gasteiger partial charge < -0.3 is 4.74 Å². The first-order chi connectivity index (χ1) is 8.17. The van der Waals surface area contributed by atoms with Crippen LogP contribution in [-0.4, -0.2) is 22.0 Å². The molecule has 88 valence electrons. The highest BCUT2D eigenvalue weighted by molar-refractivity contribution is 5.93. The van der Waals surface area contributed by atoms with Crippen LogP contribution in [-0.2, 0) is 4.74 Å². The maximum absolute atomic E-state index is 13.0. The Hall–Kier alpha value is -2.31. The Labute approximate surface area is 95.0 Å². The Morgan fingerprint density at radius 3 is 3.00 bits per heavy atom. The summed E-state index contributed by atoms with van der Waals surface area (Å²) in [6.07, 6.45) is 1.03. The van der Waals surface area contributed by atoms with Crippen molar-refractivity contribution >= 4 is 17.4 Å². The molecule has 0 fully saturated rings. The zero-order valence-corrected chi connectivity index (χ0v) is 8.88. The highest BCUT2D eigenvalue weighted by Crippen LogP contribution is 2.22. The first-order valence-corrected chi connectivity index (χ1v) is 4.85. The lowest BCUT2D eigenvalue weighted by atomic mass is 10.4. The minimum atomic E-state index is -0.758. The van der Waals surface area contributed by atoms with Gasteiger partial charge in [0, 0.05) is 6.20 Å². The lowest BCUT2D eigenvalue weighted by Gasteiger charge is -1.97. The van der Waals surface area contributed by atoms with Crippen molar-refractivity contribution in [2.45, 2.75) is 6.92 Å². The molecule has 0 spiro atoms. The molecule has 0 aliphatic heterocycles. The van der Waals surface area contributed by atoms with E-state index in [1.165, 1.54) is 12.1 Å². The number of esters is 1. The largest absolute Gasteiger partial charge is 0.461 e. The van der Waals surface area contributed by atoms with E-state index in [1.807, 2.05) is 0 Å². The van der Waals surface area contributed by atoms with Crippen LogP contribution in [0.3, 0.4) is 0 Å². The van der Waals surface area contributed by atoms with Crippen LogP contribution in [0.4, 0.5) is 10.2 Å².